The lowest BCUT2D eigenvalue weighted by atomic mass is 10.1. The van der Waals surface area contributed by atoms with Crippen LogP contribution in [0.25, 0.3) is 0 Å². The molecule has 0 N–H and O–H groups in total. The molecule has 5 heteroatoms. The molecular formula is C19H32O3SSi. The van der Waals surface area contributed by atoms with Crippen LogP contribution in [0.2, 0.25) is 19.6 Å². The molecule has 0 heterocycles. The molecule has 1 aromatic rings. The van der Waals surface area contributed by atoms with Gasteiger partial charge in [-0.2, -0.15) is 0 Å². The number of hydrogen-bond acceptors (Lipinski definition) is 4. The van der Waals surface area contributed by atoms with E-state index >= 15 is 0 Å². The molecule has 0 spiro atoms. The first kappa shape index (κ1) is 21.4. The van der Waals surface area contributed by atoms with Gasteiger partial charge in [-0.15, -0.1) is 0 Å². The predicted octanol–water partition coefficient (Wildman–Crippen LogP) is 5.26. The van der Waals surface area contributed by atoms with Gasteiger partial charge in [-0.1, -0.05) is 62.9 Å². The fourth-order valence-corrected chi connectivity index (χ4v) is 4.33. The summed E-state index contributed by atoms with van der Waals surface area (Å²) in [5, 5.41) is 0.168. The van der Waals surface area contributed by atoms with Crippen molar-refractivity contribution in [2.75, 3.05) is 0 Å². The molecular weight excluding hydrogens is 336 g/mol. The van der Waals surface area contributed by atoms with Crippen molar-refractivity contribution in [3.05, 3.63) is 35.9 Å². The van der Waals surface area contributed by atoms with Gasteiger partial charge in [-0.05, 0) is 32.1 Å². The van der Waals surface area contributed by atoms with Gasteiger partial charge in [0.15, 0.2) is 13.4 Å². The molecule has 0 radical (unpaired) electrons. The van der Waals surface area contributed by atoms with Gasteiger partial charge >= 0.3 is 0 Å². The van der Waals surface area contributed by atoms with E-state index in [1.165, 1.54) is 11.8 Å². The number of carbonyl (C=O) groups excluding carboxylic acids is 1. The summed E-state index contributed by atoms with van der Waals surface area (Å²) in [6.07, 6.45) is 0.0755. The Labute approximate surface area is 152 Å². The number of ether oxygens (including phenoxy) is 1. The van der Waals surface area contributed by atoms with Gasteiger partial charge in [0, 0.05) is 11.2 Å². The Bertz CT molecular complexity index is 506. The Morgan fingerprint density at radius 2 is 1.75 bits per heavy atom. The third-order valence-corrected chi connectivity index (χ3v) is 5.19. The number of thioether (sulfide) groups is 1. The van der Waals surface area contributed by atoms with Crippen LogP contribution in [-0.2, 0) is 20.6 Å². The van der Waals surface area contributed by atoms with Gasteiger partial charge in [-0.25, -0.2) is 0 Å². The van der Waals surface area contributed by atoms with E-state index in [0.29, 0.717) is 13.0 Å². The molecule has 0 amide bonds. The van der Waals surface area contributed by atoms with E-state index in [1.54, 1.807) is 0 Å². The highest BCUT2D eigenvalue weighted by Crippen LogP contribution is 2.27. The molecule has 0 saturated heterocycles. The summed E-state index contributed by atoms with van der Waals surface area (Å²) in [4.78, 5) is 12.4. The smallest absolute Gasteiger partial charge is 0.192 e. The van der Waals surface area contributed by atoms with E-state index in [9.17, 15) is 4.79 Å². The summed E-state index contributed by atoms with van der Waals surface area (Å²) in [5.74, 6) is 0. The maximum absolute atomic E-state index is 12.4. The normalized spacial score (nSPS) is 15.1. The fourth-order valence-electron chi connectivity index (χ4n) is 2.21. The third kappa shape index (κ3) is 9.62. The van der Waals surface area contributed by atoms with Gasteiger partial charge in [0.05, 0.1) is 18.8 Å². The Hall–Kier alpha value is -0.623. The summed E-state index contributed by atoms with van der Waals surface area (Å²) >= 11 is 1.38. The molecule has 0 aromatic heterocycles. The van der Waals surface area contributed by atoms with Crippen LogP contribution in [0.3, 0.4) is 0 Å². The minimum Gasteiger partial charge on any atom is -0.412 e. The van der Waals surface area contributed by atoms with Crippen molar-refractivity contribution in [2.45, 2.75) is 77.3 Å². The van der Waals surface area contributed by atoms with Gasteiger partial charge in [0.2, 0.25) is 0 Å². The first-order valence-electron chi connectivity index (χ1n) is 8.51. The topological polar surface area (TPSA) is 35.5 Å². The van der Waals surface area contributed by atoms with E-state index in [2.05, 4.69) is 40.4 Å². The lowest BCUT2D eigenvalue weighted by molar-refractivity contribution is -0.115. The van der Waals surface area contributed by atoms with Crippen LogP contribution >= 0.6 is 11.8 Å². The second kappa shape index (κ2) is 9.18. The highest BCUT2D eigenvalue weighted by Gasteiger charge is 2.29. The molecule has 1 aromatic carbocycles. The van der Waals surface area contributed by atoms with Crippen LogP contribution in [-0.4, -0.2) is 30.4 Å². The van der Waals surface area contributed by atoms with Crippen molar-refractivity contribution in [2.24, 2.45) is 0 Å². The first-order chi connectivity index (χ1) is 11.0. The Kier molecular flexibility index (Phi) is 8.19. The first-order valence-corrected chi connectivity index (χ1v) is 12.7. The standard InChI is InChI=1S/C19H32O3SSi/c1-15(21-14-16-11-9-8-10-12-16)17(22-24(5,6)7)13-18(20)23-19(2,3)4/h8-12,15,17H,13-14H2,1-7H3/t15-,17+/m0/s1. The van der Waals surface area contributed by atoms with Gasteiger partial charge < -0.3 is 9.16 Å². The monoisotopic (exact) mass is 368 g/mol. The second-order valence-corrected chi connectivity index (χ2v) is 14.4. The van der Waals surface area contributed by atoms with Crippen molar-refractivity contribution in [3.8, 4) is 0 Å². The highest BCUT2D eigenvalue weighted by atomic mass is 32.2. The zero-order valence-corrected chi connectivity index (χ0v) is 17.9. The Morgan fingerprint density at radius 1 is 1.17 bits per heavy atom. The quantitative estimate of drug-likeness (QED) is 0.586. The van der Waals surface area contributed by atoms with Gasteiger partial charge in [0.25, 0.3) is 0 Å². The summed E-state index contributed by atoms with van der Waals surface area (Å²) in [5.41, 5.74) is 1.13. The number of benzene rings is 1. The van der Waals surface area contributed by atoms with Crippen molar-refractivity contribution in [3.63, 3.8) is 0 Å². The van der Waals surface area contributed by atoms with Crippen LogP contribution in [0.5, 0.6) is 0 Å². The SMILES string of the molecule is C[C@H](OCc1ccccc1)[C@@H](CC(=O)SC(C)(C)C)O[Si](C)(C)C. The molecule has 3 nitrogen and oxygen atoms in total. The summed E-state index contributed by atoms with van der Waals surface area (Å²) in [6.45, 7) is 15.1. The van der Waals surface area contributed by atoms with Crippen LogP contribution in [0.4, 0.5) is 0 Å². The Morgan fingerprint density at radius 3 is 2.25 bits per heavy atom. The van der Waals surface area contributed by atoms with E-state index in [-0.39, 0.29) is 22.1 Å². The molecule has 136 valence electrons. The van der Waals surface area contributed by atoms with Crippen molar-refractivity contribution in [1.82, 2.24) is 0 Å². The molecule has 0 aliphatic carbocycles. The highest BCUT2D eigenvalue weighted by molar-refractivity contribution is 8.14. The lowest BCUT2D eigenvalue weighted by Crippen LogP contribution is -2.40. The van der Waals surface area contributed by atoms with Crippen LogP contribution < -0.4 is 0 Å². The maximum atomic E-state index is 12.4. The zero-order valence-electron chi connectivity index (χ0n) is 16.1. The van der Waals surface area contributed by atoms with Crippen LogP contribution in [0.15, 0.2) is 30.3 Å². The molecule has 1 rings (SSSR count). The molecule has 0 fully saturated rings. The second-order valence-electron chi connectivity index (χ2n) is 8.06. The summed E-state index contributed by atoms with van der Waals surface area (Å²) in [7, 11) is -1.76. The van der Waals surface area contributed by atoms with E-state index in [1.807, 2.05) is 37.3 Å². The van der Waals surface area contributed by atoms with Crippen molar-refractivity contribution >= 4 is 25.2 Å². The van der Waals surface area contributed by atoms with E-state index < -0.39 is 8.32 Å². The van der Waals surface area contributed by atoms with Crippen molar-refractivity contribution < 1.29 is 14.0 Å². The molecule has 24 heavy (non-hydrogen) atoms. The minimum absolute atomic E-state index is 0.0745. The van der Waals surface area contributed by atoms with E-state index in [0.717, 1.165) is 5.56 Å². The third-order valence-electron chi connectivity index (χ3n) is 3.17. The van der Waals surface area contributed by atoms with Crippen LogP contribution in [0, 0.1) is 0 Å². The number of rotatable bonds is 8. The van der Waals surface area contributed by atoms with Crippen molar-refractivity contribution in [1.29, 1.82) is 0 Å². The molecule has 0 unspecified atom stereocenters. The molecule has 0 bridgehead atoms. The molecule has 0 aliphatic heterocycles. The lowest BCUT2D eigenvalue weighted by Gasteiger charge is -2.31. The summed E-state index contributed by atoms with van der Waals surface area (Å²) < 4.78 is 12.2. The average Bonchev–Trinajstić information content (AvgIpc) is 2.41. The molecule has 2 atom stereocenters. The Balaban J connectivity index is 2.68. The average molecular weight is 369 g/mol. The summed E-state index contributed by atoms with van der Waals surface area (Å²) in [6, 6.07) is 10.1. The largest absolute Gasteiger partial charge is 0.412 e. The van der Waals surface area contributed by atoms with Crippen LogP contribution in [0.1, 0.15) is 39.7 Å². The van der Waals surface area contributed by atoms with Gasteiger partial charge in [0.1, 0.15) is 0 Å². The fraction of sp³-hybridized carbons (Fsp3) is 0.632. The number of carbonyl (C=O) groups is 1. The molecule has 0 aliphatic rings. The molecule has 0 saturated carbocycles. The minimum atomic E-state index is -1.76. The number of hydrogen-bond donors (Lipinski definition) is 0. The maximum Gasteiger partial charge on any atom is 0.192 e. The van der Waals surface area contributed by atoms with Gasteiger partial charge in [-0.3, -0.25) is 4.79 Å². The van der Waals surface area contributed by atoms with E-state index in [4.69, 9.17) is 9.16 Å². The zero-order chi connectivity index (χ0) is 18.4. The predicted molar refractivity (Wildman–Crippen MR) is 106 cm³/mol.